The number of nitrogens with two attached hydrogens (primary N) is 1. The third-order valence-electron chi connectivity index (χ3n) is 4.07. The number of hydrogen-bond acceptors (Lipinski definition) is 3. The first kappa shape index (κ1) is 14.3. The van der Waals surface area contributed by atoms with Crippen LogP contribution in [0.2, 0.25) is 0 Å². The molecule has 2 N–H and O–H groups in total. The number of piperidine rings is 1. The highest BCUT2D eigenvalue weighted by molar-refractivity contribution is 7.88. The van der Waals surface area contributed by atoms with E-state index in [2.05, 4.69) is 6.92 Å². The molecule has 0 radical (unpaired) electrons. The average molecular weight is 282 g/mol. The Morgan fingerprint density at radius 3 is 2.68 bits per heavy atom. The van der Waals surface area contributed by atoms with Gasteiger partial charge in [0.25, 0.3) is 0 Å². The van der Waals surface area contributed by atoms with Gasteiger partial charge in [0, 0.05) is 18.3 Å². The van der Waals surface area contributed by atoms with Crippen molar-refractivity contribution in [3.05, 3.63) is 29.8 Å². The van der Waals surface area contributed by atoms with E-state index in [4.69, 9.17) is 5.73 Å². The van der Waals surface area contributed by atoms with Gasteiger partial charge in [-0.2, -0.15) is 4.31 Å². The Morgan fingerprint density at radius 2 is 2.00 bits per heavy atom. The van der Waals surface area contributed by atoms with Crippen LogP contribution in [0, 0.1) is 5.92 Å². The topological polar surface area (TPSA) is 63.4 Å². The van der Waals surface area contributed by atoms with E-state index in [-0.39, 0.29) is 11.8 Å². The number of nitrogen functional groups attached to an aromatic ring is 1. The highest BCUT2D eigenvalue weighted by Gasteiger charge is 2.33. The van der Waals surface area contributed by atoms with Crippen molar-refractivity contribution in [2.75, 3.05) is 12.3 Å². The molecule has 2 atom stereocenters. The number of anilines is 1. The van der Waals surface area contributed by atoms with Gasteiger partial charge in [-0.15, -0.1) is 0 Å². The van der Waals surface area contributed by atoms with E-state index in [1.807, 2.05) is 19.1 Å². The van der Waals surface area contributed by atoms with Gasteiger partial charge in [0.1, 0.15) is 0 Å². The molecule has 4 nitrogen and oxygen atoms in total. The standard InChI is InChI=1S/C14H22N2O2S/c1-11-6-5-9-16(12(11)2)19(17,18)10-13-7-3-4-8-14(13)15/h3-4,7-8,11-12H,5-6,9-10,15H2,1-2H3. The number of sulfonamides is 1. The molecule has 1 aliphatic rings. The minimum atomic E-state index is -3.29. The summed E-state index contributed by atoms with van der Waals surface area (Å²) >= 11 is 0. The van der Waals surface area contributed by atoms with E-state index in [1.165, 1.54) is 0 Å². The van der Waals surface area contributed by atoms with Crippen LogP contribution in [0.5, 0.6) is 0 Å². The van der Waals surface area contributed by atoms with Crippen LogP contribution in [0.15, 0.2) is 24.3 Å². The van der Waals surface area contributed by atoms with E-state index in [0.717, 1.165) is 12.8 Å². The molecule has 1 fully saturated rings. The second-order valence-electron chi connectivity index (χ2n) is 5.43. The van der Waals surface area contributed by atoms with Crippen LogP contribution in [-0.4, -0.2) is 25.3 Å². The molecule has 106 valence electrons. The minimum Gasteiger partial charge on any atom is -0.398 e. The third kappa shape index (κ3) is 3.09. The van der Waals surface area contributed by atoms with Gasteiger partial charge < -0.3 is 5.73 Å². The SMILES string of the molecule is CC1CCCN(S(=O)(=O)Cc2ccccc2N)C1C. The normalized spacial score (nSPS) is 25.4. The largest absolute Gasteiger partial charge is 0.398 e. The predicted molar refractivity (Wildman–Crippen MR) is 78.0 cm³/mol. The fraction of sp³-hybridized carbons (Fsp3) is 0.571. The Morgan fingerprint density at radius 1 is 1.32 bits per heavy atom. The fourth-order valence-corrected chi connectivity index (χ4v) is 4.58. The van der Waals surface area contributed by atoms with Crippen molar-refractivity contribution in [3.8, 4) is 0 Å². The number of para-hydroxylation sites is 1. The van der Waals surface area contributed by atoms with Crippen LogP contribution in [-0.2, 0) is 15.8 Å². The van der Waals surface area contributed by atoms with E-state index in [0.29, 0.717) is 23.7 Å². The van der Waals surface area contributed by atoms with Crippen molar-refractivity contribution in [1.82, 2.24) is 4.31 Å². The lowest BCUT2D eigenvalue weighted by molar-refractivity contribution is 0.202. The molecular formula is C14H22N2O2S. The van der Waals surface area contributed by atoms with Crippen LogP contribution in [0.25, 0.3) is 0 Å². The monoisotopic (exact) mass is 282 g/mol. The zero-order valence-electron chi connectivity index (χ0n) is 11.5. The molecule has 2 rings (SSSR count). The van der Waals surface area contributed by atoms with Gasteiger partial charge in [0.2, 0.25) is 10.0 Å². The Bertz CT molecular complexity index is 542. The van der Waals surface area contributed by atoms with Crippen molar-refractivity contribution in [3.63, 3.8) is 0 Å². The second kappa shape index (κ2) is 5.51. The second-order valence-corrected chi connectivity index (χ2v) is 7.35. The van der Waals surface area contributed by atoms with E-state index in [1.54, 1.807) is 16.4 Å². The van der Waals surface area contributed by atoms with Crippen molar-refractivity contribution in [2.24, 2.45) is 5.92 Å². The zero-order valence-corrected chi connectivity index (χ0v) is 12.4. The maximum atomic E-state index is 12.5. The lowest BCUT2D eigenvalue weighted by Gasteiger charge is -2.36. The minimum absolute atomic E-state index is 0.00324. The third-order valence-corrected chi connectivity index (χ3v) is 5.97. The summed E-state index contributed by atoms with van der Waals surface area (Å²) < 4.78 is 26.7. The van der Waals surface area contributed by atoms with Gasteiger partial charge in [-0.05, 0) is 37.3 Å². The van der Waals surface area contributed by atoms with Gasteiger partial charge in [-0.25, -0.2) is 8.42 Å². The van der Waals surface area contributed by atoms with Crippen molar-refractivity contribution < 1.29 is 8.42 Å². The molecular weight excluding hydrogens is 260 g/mol. The molecule has 1 aromatic carbocycles. The molecule has 1 heterocycles. The zero-order chi connectivity index (χ0) is 14.0. The summed E-state index contributed by atoms with van der Waals surface area (Å²) in [6, 6.07) is 7.24. The molecule has 0 saturated carbocycles. The number of rotatable bonds is 3. The number of hydrogen-bond donors (Lipinski definition) is 1. The van der Waals surface area contributed by atoms with E-state index >= 15 is 0 Å². The molecule has 0 aromatic heterocycles. The van der Waals surface area contributed by atoms with Crippen LogP contribution in [0.3, 0.4) is 0 Å². The molecule has 0 bridgehead atoms. The highest BCUT2D eigenvalue weighted by atomic mass is 32.2. The van der Waals surface area contributed by atoms with E-state index in [9.17, 15) is 8.42 Å². The molecule has 0 spiro atoms. The first-order valence-electron chi connectivity index (χ1n) is 6.74. The molecule has 1 saturated heterocycles. The molecule has 0 amide bonds. The first-order chi connectivity index (χ1) is 8.92. The Labute approximate surface area is 115 Å². The molecule has 5 heteroatoms. The Balaban J connectivity index is 2.21. The Kier molecular flexibility index (Phi) is 4.16. The maximum Gasteiger partial charge on any atom is 0.218 e. The maximum absolute atomic E-state index is 12.5. The summed E-state index contributed by atoms with van der Waals surface area (Å²) in [5.74, 6) is 0.410. The van der Waals surface area contributed by atoms with E-state index < -0.39 is 10.0 Å². The average Bonchev–Trinajstić information content (AvgIpc) is 2.35. The summed E-state index contributed by atoms with van der Waals surface area (Å²) in [7, 11) is -3.29. The molecule has 1 aromatic rings. The lowest BCUT2D eigenvalue weighted by atomic mass is 9.94. The Hall–Kier alpha value is -1.07. The van der Waals surface area contributed by atoms with Gasteiger partial charge in [-0.1, -0.05) is 25.1 Å². The predicted octanol–water partition coefficient (Wildman–Crippen LogP) is 2.22. The fourth-order valence-electron chi connectivity index (χ4n) is 2.64. The molecule has 0 aliphatic carbocycles. The quantitative estimate of drug-likeness (QED) is 0.865. The van der Waals surface area contributed by atoms with Crippen molar-refractivity contribution >= 4 is 15.7 Å². The highest BCUT2D eigenvalue weighted by Crippen LogP contribution is 2.27. The van der Waals surface area contributed by atoms with Gasteiger partial charge in [-0.3, -0.25) is 0 Å². The summed E-state index contributed by atoms with van der Waals surface area (Å²) in [6.07, 6.45) is 2.04. The summed E-state index contributed by atoms with van der Waals surface area (Å²) in [5, 5.41) is 0. The van der Waals surface area contributed by atoms with Crippen molar-refractivity contribution in [2.45, 2.75) is 38.5 Å². The van der Waals surface area contributed by atoms with Gasteiger partial charge in [0.05, 0.1) is 5.75 Å². The number of nitrogens with zero attached hydrogens (tertiary/aromatic N) is 1. The van der Waals surface area contributed by atoms with Crippen molar-refractivity contribution in [1.29, 1.82) is 0 Å². The van der Waals surface area contributed by atoms with Crippen LogP contribution in [0.4, 0.5) is 5.69 Å². The first-order valence-corrected chi connectivity index (χ1v) is 8.35. The molecule has 1 aliphatic heterocycles. The smallest absolute Gasteiger partial charge is 0.218 e. The lowest BCUT2D eigenvalue weighted by Crippen LogP contribution is -2.46. The molecule has 19 heavy (non-hydrogen) atoms. The van der Waals surface area contributed by atoms with Crippen LogP contribution < -0.4 is 5.73 Å². The van der Waals surface area contributed by atoms with Crippen LogP contribution >= 0.6 is 0 Å². The summed E-state index contributed by atoms with van der Waals surface area (Å²) in [4.78, 5) is 0. The van der Waals surface area contributed by atoms with Gasteiger partial charge in [0.15, 0.2) is 0 Å². The summed E-state index contributed by atoms with van der Waals surface area (Å²) in [5.41, 5.74) is 7.07. The summed E-state index contributed by atoms with van der Waals surface area (Å²) in [6.45, 7) is 4.74. The van der Waals surface area contributed by atoms with Gasteiger partial charge >= 0.3 is 0 Å². The number of benzene rings is 1. The molecule has 2 unspecified atom stereocenters. The van der Waals surface area contributed by atoms with Crippen LogP contribution in [0.1, 0.15) is 32.3 Å².